The highest BCUT2D eigenvalue weighted by Crippen LogP contribution is 2.52. The molecule has 0 bridgehead atoms. The standard InChI is InChI=1S/C27H29N3O7S2/c1-6-16-7-9-17(10-8-16)37-27(34)36-15(4)35-26(33)22-19(13(2)21-20(14(3)31)24(32)30(21)22)18-11-29-12-28-23(38-5)25(29)39-18/h7-15,20-21,31H,6H2,1-5H3/t13-,14+,15?,20+,21+/m0/s1. The zero-order valence-electron chi connectivity index (χ0n) is 22.1. The minimum atomic E-state index is -1.28. The Balaban J connectivity index is 1.38. The van der Waals surface area contributed by atoms with Gasteiger partial charge in [-0.3, -0.25) is 9.20 Å². The van der Waals surface area contributed by atoms with Gasteiger partial charge in [0.2, 0.25) is 12.2 Å². The van der Waals surface area contributed by atoms with Gasteiger partial charge in [-0.2, -0.15) is 0 Å². The van der Waals surface area contributed by atoms with Crippen LogP contribution < -0.4 is 4.74 Å². The van der Waals surface area contributed by atoms with E-state index in [2.05, 4.69) is 4.98 Å². The van der Waals surface area contributed by atoms with Crippen LogP contribution in [0.1, 0.15) is 38.1 Å². The molecule has 2 aromatic heterocycles. The zero-order chi connectivity index (χ0) is 28.0. The second-order valence-electron chi connectivity index (χ2n) is 9.52. The van der Waals surface area contributed by atoms with Gasteiger partial charge < -0.3 is 24.2 Å². The molecule has 10 nitrogen and oxygen atoms in total. The first-order valence-electron chi connectivity index (χ1n) is 12.6. The minimum absolute atomic E-state index is 0.0940. The maximum atomic E-state index is 13.5. The Morgan fingerprint density at radius 3 is 2.56 bits per heavy atom. The number of aliphatic hydroxyl groups is 1. The van der Waals surface area contributed by atoms with Crippen LogP contribution in [0, 0.1) is 11.8 Å². The third-order valence-electron chi connectivity index (χ3n) is 7.07. The normalized spacial score (nSPS) is 21.9. The number of esters is 1. The van der Waals surface area contributed by atoms with Crippen molar-refractivity contribution >= 4 is 51.5 Å². The van der Waals surface area contributed by atoms with Crippen molar-refractivity contribution in [2.45, 2.75) is 57.6 Å². The van der Waals surface area contributed by atoms with Crippen LogP contribution in [0.15, 0.2) is 47.5 Å². The van der Waals surface area contributed by atoms with Crippen molar-refractivity contribution in [3.63, 3.8) is 0 Å². The Kier molecular flexibility index (Phi) is 7.45. The summed E-state index contributed by atoms with van der Waals surface area (Å²) >= 11 is 2.98. The Hall–Kier alpha value is -3.35. The van der Waals surface area contributed by atoms with E-state index < -0.39 is 30.4 Å². The smallest absolute Gasteiger partial charge is 0.421 e. The zero-order valence-corrected chi connectivity index (χ0v) is 23.7. The third kappa shape index (κ3) is 4.81. The fourth-order valence-corrected chi connectivity index (χ4v) is 7.13. The lowest BCUT2D eigenvalue weighted by Crippen LogP contribution is -2.63. The Morgan fingerprint density at radius 2 is 1.92 bits per heavy atom. The van der Waals surface area contributed by atoms with Gasteiger partial charge in [0.05, 0.1) is 22.9 Å². The van der Waals surface area contributed by atoms with Crippen molar-refractivity contribution in [1.29, 1.82) is 0 Å². The molecule has 1 unspecified atom stereocenters. The average molecular weight is 572 g/mol. The van der Waals surface area contributed by atoms with Crippen LogP contribution in [-0.2, 0) is 25.5 Å². The van der Waals surface area contributed by atoms with Crippen LogP contribution in [0.3, 0.4) is 0 Å². The number of carbonyl (C=O) groups is 3. The number of amides is 1. The van der Waals surface area contributed by atoms with E-state index in [1.54, 1.807) is 25.4 Å². The van der Waals surface area contributed by atoms with Crippen LogP contribution in [0.25, 0.3) is 10.4 Å². The molecule has 5 rings (SSSR count). The van der Waals surface area contributed by atoms with Crippen molar-refractivity contribution in [2.24, 2.45) is 11.8 Å². The Bertz CT molecular complexity index is 1460. The molecule has 0 saturated carbocycles. The van der Waals surface area contributed by atoms with Crippen molar-refractivity contribution in [3.05, 3.63) is 52.9 Å². The number of nitrogens with zero attached hydrogens (tertiary/aromatic N) is 3. The van der Waals surface area contributed by atoms with Crippen LogP contribution >= 0.6 is 23.1 Å². The predicted octanol–water partition coefficient (Wildman–Crippen LogP) is 4.35. The van der Waals surface area contributed by atoms with Gasteiger partial charge in [-0.15, -0.1) is 23.1 Å². The van der Waals surface area contributed by atoms with Crippen molar-refractivity contribution in [1.82, 2.24) is 14.3 Å². The number of hydrogen-bond acceptors (Lipinski definition) is 10. The molecule has 39 heavy (non-hydrogen) atoms. The van der Waals surface area contributed by atoms with Gasteiger partial charge in [-0.05, 0) is 37.3 Å². The number of carbonyl (C=O) groups excluding carboxylic acids is 3. The van der Waals surface area contributed by atoms with Crippen LogP contribution in [0.4, 0.5) is 4.79 Å². The van der Waals surface area contributed by atoms with E-state index >= 15 is 0 Å². The number of aromatic nitrogens is 2. The molecule has 5 atom stereocenters. The van der Waals surface area contributed by atoms with Gasteiger partial charge in [-0.25, -0.2) is 14.6 Å². The first-order chi connectivity index (χ1) is 18.6. The molecule has 2 aliphatic heterocycles. The number of fused-ring (bicyclic) bond motifs is 2. The number of imidazole rings is 1. The number of aryl methyl sites for hydroxylation is 1. The van der Waals surface area contributed by atoms with Gasteiger partial charge in [0.1, 0.15) is 27.6 Å². The molecule has 0 spiro atoms. The maximum absolute atomic E-state index is 13.5. The molecule has 4 heterocycles. The number of β-lactam (4-membered cyclic amide) rings is 1. The summed E-state index contributed by atoms with van der Waals surface area (Å²) in [6, 6.07) is 6.60. The first kappa shape index (κ1) is 27.2. The monoisotopic (exact) mass is 571 g/mol. The fourth-order valence-electron chi connectivity index (χ4n) is 5.21. The van der Waals surface area contributed by atoms with Crippen molar-refractivity contribution in [3.8, 4) is 5.75 Å². The molecule has 1 N–H and O–H groups in total. The lowest BCUT2D eigenvalue weighted by Gasteiger charge is -2.46. The number of ether oxygens (including phenoxy) is 3. The molecule has 206 valence electrons. The van der Waals surface area contributed by atoms with Crippen LogP contribution in [0.5, 0.6) is 5.75 Å². The molecule has 0 aliphatic carbocycles. The minimum Gasteiger partial charge on any atom is -0.421 e. The second-order valence-corrected chi connectivity index (χ2v) is 11.3. The third-order valence-corrected chi connectivity index (χ3v) is 9.03. The highest BCUT2D eigenvalue weighted by Gasteiger charge is 2.60. The molecule has 1 amide bonds. The molecule has 0 radical (unpaired) electrons. The van der Waals surface area contributed by atoms with Crippen LogP contribution in [0.2, 0.25) is 0 Å². The summed E-state index contributed by atoms with van der Waals surface area (Å²) in [4.78, 5) is 46.3. The number of aliphatic hydroxyl groups excluding tert-OH is 1. The largest absolute Gasteiger partial charge is 0.516 e. The predicted molar refractivity (Wildman–Crippen MR) is 145 cm³/mol. The lowest BCUT2D eigenvalue weighted by molar-refractivity contribution is -0.172. The summed E-state index contributed by atoms with van der Waals surface area (Å²) in [5.74, 6) is -1.71. The van der Waals surface area contributed by atoms with Gasteiger partial charge in [-0.1, -0.05) is 26.0 Å². The molecule has 2 aliphatic rings. The lowest BCUT2D eigenvalue weighted by atomic mass is 9.77. The molecule has 1 fully saturated rings. The molecular formula is C27H29N3O7S2. The van der Waals surface area contributed by atoms with E-state index in [0.29, 0.717) is 11.3 Å². The molecule has 12 heteroatoms. The van der Waals surface area contributed by atoms with Gasteiger partial charge in [0, 0.05) is 24.6 Å². The Labute approximate surface area is 233 Å². The fraction of sp³-hybridized carbons (Fsp3) is 0.407. The molecule has 1 aromatic carbocycles. The number of rotatable bonds is 8. The van der Waals surface area contributed by atoms with Gasteiger partial charge in [0.25, 0.3) is 0 Å². The van der Waals surface area contributed by atoms with E-state index in [4.69, 9.17) is 14.2 Å². The van der Waals surface area contributed by atoms with E-state index in [1.807, 2.05) is 42.8 Å². The second kappa shape index (κ2) is 10.7. The van der Waals surface area contributed by atoms with Gasteiger partial charge >= 0.3 is 12.1 Å². The molecule has 1 saturated heterocycles. The maximum Gasteiger partial charge on any atom is 0.516 e. The SMILES string of the molecule is CCc1ccc(OC(=O)OC(C)OC(=O)C2=C(c3cn4cnc(SC)c4s3)[C@H](C)[C@@H]3[C@@H]([C@@H](C)O)C(=O)N23)cc1. The summed E-state index contributed by atoms with van der Waals surface area (Å²) in [5, 5.41) is 11.1. The topological polar surface area (TPSA) is 120 Å². The van der Waals surface area contributed by atoms with E-state index in [9.17, 15) is 19.5 Å². The molecule has 3 aromatic rings. The summed E-state index contributed by atoms with van der Waals surface area (Å²) in [6.45, 7) is 6.92. The van der Waals surface area contributed by atoms with E-state index in [1.165, 1.54) is 34.9 Å². The van der Waals surface area contributed by atoms with E-state index in [0.717, 1.165) is 26.7 Å². The van der Waals surface area contributed by atoms with E-state index in [-0.39, 0.29) is 23.6 Å². The first-order valence-corrected chi connectivity index (χ1v) is 14.6. The number of thiazole rings is 1. The van der Waals surface area contributed by atoms with Crippen molar-refractivity contribution < 1.29 is 33.7 Å². The Morgan fingerprint density at radius 1 is 1.21 bits per heavy atom. The summed E-state index contributed by atoms with van der Waals surface area (Å²) < 4.78 is 17.7. The molecular weight excluding hydrogens is 542 g/mol. The quantitative estimate of drug-likeness (QED) is 0.138. The number of hydrogen-bond donors (Lipinski definition) is 1. The number of thioether (sulfide) groups is 1. The highest BCUT2D eigenvalue weighted by molar-refractivity contribution is 7.98. The summed E-state index contributed by atoms with van der Waals surface area (Å²) in [6.07, 6.45) is 3.20. The van der Waals surface area contributed by atoms with Gasteiger partial charge in [0.15, 0.2) is 0 Å². The summed E-state index contributed by atoms with van der Waals surface area (Å²) in [7, 11) is 0. The number of benzene rings is 1. The average Bonchev–Trinajstić information content (AvgIpc) is 3.53. The van der Waals surface area contributed by atoms with Crippen LogP contribution in [-0.4, -0.2) is 62.1 Å². The van der Waals surface area contributed by atoms with Crippen molar-refractivity contribution in [2.75, 3.05) is 6.26 Å². The summed E-state index contributed by atoms with van der Waals surface area (Å²) in [5.41, 5.74) is 1.83. The highest BCUT2D eigenvalue weighted by atomic mass is 32.2.